The van der Waals surface area contributed by atoms with Crippen LogP contribution in [0.3, 0.4) is 0 Å². The molecule has 3 aliphatic rings. The van der Waals surface area contributed by atoms with Crippen LogP contribution in [0.4, 0.5) is 0 Å². The predicted molar refractivity (Wildman–Crippen MR) is 97.5 cm³/mol. The van der Waals surface area contributed by atoms with Crippen LogP contribution < -0.4 is 16.2 Å². The average molecular weight is 378 g/mol. The highest BCUT2D eigenvalue weighted by molar-refractivity contribution is 7.89. The van der Waals surface area contributed by atoms with E-state index in [1.807, 2.05) is 0 Å². The summed E-state index contributed by atoms with van der Waals surface area (Å²) in [5.74, 6) is 0.694. The zero-order chi connectivity index (χ0) is 18.1. The van der Waals surface area contributed by atoms with Crippen molar-refractivity contribution in [3.63, 3.8) is 0 Å². The normalized spacial score (nSPS) is 26.9. The zero-order valence-corrected chi connectivity index (χ0v) is 15.6. The van der Waals surface area contributed by atoms with E-state index < -0.39 is 10.0 Å². The molecule has 1 aromatic rings. The number of sulfonamides is 1. The zero-order valence-electron chi connectivity index (χ0n) is 14.8. The molecule has 2 unspecified atom stereocenters. The topological polar surface area (TPSA) is 90.5 Å². The third-order valence-corrected chi connectivity index (χ3v) is 7.45. The number of nitrogens with one attached hydrogen (secondary N) is 3. The number of nitrogens with zero attached hydrogens (tertiary/aromatic N) is 1. The summed E-state index contributed by atoms with van der Waals surface area (Å²) >= 11 is 0. The molecule has 142 valence electrons. The van der Waals surface area contributed by atoms with Gasteiger partial charge in [-0.15, -0.1) is 0 Å². The number of amides is 1. The van der Waals surface area contributed by atoms with Crippen molar-refractivity contribution < 1.29 is 13.2 Å². The van der Waals surface area contributed by atoms with E-state index in [9.17, 15) is 13.2 Å². The summed E-state index contributed by atoms with van der Waals surface area (Å²) in [4.78, 5) is 12.6. The molecule has 2 aliphatic heterocycles. The van der Waals surface area contributed by atoms with Gasteiger partial charge in [0.25, 0.3) is 0 Å². The Morgan fingerprint density at radius 3 is 2.46 bits per heavy atom. The average Bonchev–Trinajstić information content (AvgIpc) is 3.14. The molecule has 4 rings (SSSR count). The van der Waals surface area contributed by atoms with Crippen LogP contribution in [0, 0.1) is 5.92 Å². The Bertz CT molecular complexity index is 755. The first-order valence-corrected chi connectivity index (χ1v) is 10.9. The highest BCUT2D eigenvalue weighted by Crippen LogP contribution is 2.35. The van der Waals surface area contributed by atoms with Gasteiger partial charge in [-0.2, -0.15) is 4.31 Å². The van der Waals surface area contributed by atoms with Gasteiger partial charge in [-0.25, -0.2) is 13.8 Å². The third kappa shape index (κ3) is 3.78. The fourth-order valence-corrected chi connectivity index (χ4v) is 5.25. The fourth-order valence-electron chi connectivity index (χ4n) is 3.73. The smallest absolute Gasteiger partial charge is 0.243 e. The molecule has 3 N–H and O–H groups in total. The molecule has 0 aromatic heterocycles. The van der Waals surface area contributed by atoms with E-state index in [0.29, 0.717) is 36.5 Å². The minimum atomic E-state index is -3.38. The Kier molecular flexibility index (Phi) is 5.00. The molecule has 0 spiro atoms. The molecule has 2 heterocycles. The maximum Gasteiger partial charge on any atom is 0.243 e. The Labute approximate surface area is 154 Å². The molecule has 0 bridgehead atoms. The van der Waals surface area contributed by atoms with Crippen molar-refractivity contribution in [2.24, 2.45) is 5.92 Å². The Hall–Kier alpha value is -1.48. The van der Waals surface area contributed by atoms with Crippen LogP contribution in [-0.2, 0) is 21.4 Å². The first-order chi connectivity index (χ1) is 12.5. The number of hydrazine groups is 1. The van der Waals surface area contributed by atoms with E-state index in [2.05, 4.69) is 16.2 Å². The van der Waals surface area contributed by atoms with Crippen LogP contribution in [0.5, 0.6) is 0 Å². The number of benzene rings is 1. The van der Waals surface area contributed by atoms with Gasteiger partial charge >= 0.3 is 0 Å². The van der Waals surface area contributed by atoms with Gasteiger partial charge < -0.3 is 5.32 Å². The quantitative estimate of drug-likeness (QED) is 0.679. The summed E-state index contributed by atoms with van der Waals surface area (Å²) in [5, 5.41) is 2.93. The molecule has 0 radical (unpaired) electrons. The summed E-state index contributed by atoms with van der Waals surface area (Å²) in [7, 11) is -3.38. The van der Waals surface area contributed by atoms with E-state index in [4.69, 9.17) is 0 Å². The van der Waals surface area contributed by atoms with Crippen LogP contribution in [0.2, 0.25) is 0 Å². The second-order valence-electron chi connectivity index (χ2n) is 7.49. The predicted octanol–water partition coefficient (Wildman–Crippen LogP) is 0.732. The lowest BCUT2D eigenvalue weighted by molar-refractivity contribution is -0.123. The molecule has 3 fully saturated rings. The number of hydrogen-bond donors (Lipinski definition) is 3. The van der Waals surface area contributed by atoms with Gasteiger partial charge in [0.2, 0.25) is 15.9 Å². The fraction of sp³-hybridized carbons (Fsp3) is 0.611. The second-order valence-corrected chi connectivity index (χ2v) is 9.43. The SMILES string of the molecule is O=C(NCc1ccc(S(=O)(=O)N2CCCC2)cc1)C1CC(C2CC2)NN1. The lowest BCUT2D eigenvalue weighted by atomic mass is 10.1. The monoisotopic (exact) mass is 378 g/mol. The molecular formula is C18H26N4O3S. The molecule has 1 aliphatic carbocycles. The number of carbonyl (C=O) groups is 1. The van der Waals surface area contributed by atoms with Crippen LogP contribution in [0.1, 0.15) is 37.7 Å². The number of rotatable bonds is 6. The van der Waals surface area contributed by atoms with Gasteiger partial charge in [0, 0.05) is 25.7 Å². The maximum absolute atomic E-state index is 12.5. The highest BCUT2D eigenvalue weighted by atomic mass is 32.2. The van der Waals surface area contributed by atoms with Crippen molar-refractivity contribution in [2.45, 2.75) is 55.6 Å². The van der Waals surface area contributed by atoms with Gasteiger partial charge in [-0.3, -0.25) is 10.2 Å². The Balaban J connectivity index is 1.31. The van der Waals surface area contributed by atoms with Crippen molar-refractivity contribution >= 4 is 15.9 Å². The number of carbonyl (C=O) groups excluding carboxylic acids is 1. The summed E-state index contributed by atoms with van der Waals surface area (Å²) in [5.41, 5.74) is 7.19. The first kappa shape index (κ1) is 17.9. The van der Waals surface area contributed by atoms with Crippen LogP contribution in [0.25, 0.3) is 0 Å². The van der Waals surface area contributed by atoms with E-state index in [-0.39, 0.29) is 11.9 Å². The van der Waals surface area contributed by atoms with Crippen molar-refractivity contribution in [1.29, 1.82) is 0 Å². The van der Waals surface area contributed by atoms with Crippen molar-refractivity contribution in [3.05, 3.63) is 29.8 Å². The lowest BCUT2D eigenvalue weighted by Gasteiger charge is -2.16. The van der Waals surface area contributed by atoms with Gasteiger partial charge in [0.05, 0.1) is 4.90 Å². The summed E-state index contributed by atoms with van der Waals surface area (Å²) in [6.45, 7) is 1.60. The molecule has 2 saturated heterocycles. The lowest BCUT2D eigenvalue weighted by Crippen LogP contribution is -2.43. The maximum atomic E-state index is 12.5. The van der Waals surface area contributed by atoms with E-state index in [0.717, 1.165) is 24.8 Å². The van der Waals surface area contributed by atoms with Crippen molar-refractivity contribution in [2.75, 3.05) is 13.1 Å². The molecule has 1 amide bonds. The van der Waals surface area contributed by atoms with Gasteiger partial charge in [-0.05, 0) is 55.7 Å². The minimum absolute atomic E-state index is 0.0191. The molecule has 1 saturated carbocycles. The molecule has 1 aromatic carbocycles. The Morgan fingerprint density at radius 2 is 1.81 bits per heavy atom. The minimum Gasteiger partial charge on any atom is -0.351 e. The van der Waals surface area contributed by atoms with Crippen LogP contribution in [0.15, 0.2) is 29.2 Å². The van der Waals surface area contributed by atoms with Crippen LogP contribution in [-0.4, -0.2) is 43.8 Å². The summed E-state index contributed by atoms with van der Waals surface area (Å²) in [6, 6.07) is 7.02. The van der Waals surface area contributed by atoms with Crippen LogP contribution >= 0.6 is 0 Å². The van der Waals surface area contributed by atoms with Gasteiger partial charge in [-0.1, -0.05) is 12.1 Å². The van der Waals surface area contributed by atoms with Crippen molar-refractivity contribution in [3.8, 4) is 0 Å². The van der Waals surface area contributed by atoms with Gasteiger partial charge in [0.1, 0.15) is 6.04 Å². The third-order valence-electron chi connectivity index (χ3n) is 5.53. The summed E-state index contributed by atoms with van der Waals surface area (Å²) in [6.07, 6.45) is 5.17. The number of hydrogen-bond acceptors (Lipinski definition) is 5. The molecular weight excluding hydrogens is 352 g/mol. The summed E-state index contributed by atoms with van der Waals surface area (Å²) < 4.78 is 26.6. The van der Waals surface area contributed by atoms with Crippen molar-refractivity contribution in [1.82, 2.24) is 20.5 Å². The second kappa shape index (κ2) is 7.26. The first-order valence-electron chi connectivity index (χ1n) is 9.42. The largest absolute Gasteiger partial charge is 0.351 e. The standard InChI is InChI=1S/C18H26N4O3S/c23-18(17-11-16(20-21-17)14-5-6-14)19-12-13-3-7-15(8-4-13)26(24,25)22-9-1-2-10-22/h3-4,7-8,14,16-17,20-21H,1-2,5-6,9-12H2,(H,19,23). The van der Waals surface area contributed by atoms with E-state index in [1.54, 1.807) is 28.6 Å². The Morgan fingerprint density at radius 1 is 1.12 bits per heavy atom. The molecule has 26 heavy (non-hydrogen) atoms. The molecule has 8 heteroatoms. The highest BCUT2D eigenvalue weighted by Gasteiger charge is 2.38. The van der Waals surface area contributed by atoms with E-state index >= 15 is 0 Å². The molecule has 2 atom stereocenters. The molecule has 7 nitrogen and oxygen atoms in total. The van der Waals surface area contributed by atoms with E-state index in [1.165, 1.54) is 12.8 Å². The van der Waals surface area contributed by atoms with Gasteiger partial charge in [0.15, 0.2) is 0 Å².